The Labute approximate surface area is 215 Å². The average Bonchev–Trinajstić information content (AvgIpc) is 3.20. The zero-order valence-corrected chi connectivity index (χ0v) is 21.0. The molecule has 196 valence electrons. The summed E-state index contributed by atoms with van der Waals surface area (Å²) >= 11 is 0. The predicted octanol–water partition coefficient (Wildman–Crippen LogP) is 4.65. The van der Waals surface area contributed by atoms with Gasteiger partial charge in [-0.1, -0.05) is 43.2 Å². The van der Waals surface area contributed by atoms with Crippen LogP contribution in [-0.2, 0) is 20.7 Å². The van der Waals surface area contributed by atoms with Gasteiger partial charge in [-0.25, -0.2) is 0 Å². The van der Waals surface area contributed by atoms with Gasteiger partial charge < -0.3 is 25.3 Å². The number of rotatable bonds is 7. The van der Waals surface area contributed by atoms with Crippen molar-refractivity contribution < 1.29 is 29.1 Å². The van der Waals surface area contributed by atoms with Gasteiger partial charge in [0.2, 0.25) is 0 Å². The number of nitrogens with one attached hydrogen (secondary N) is 2. The van der Waals surface area contributed by atoms with Crippen molar-refractivity contribution in [3.63, 3.8) is 0 Å². The number of nitrogens with zero attached hydrogens (tertiary/aromatic N) is 1. The van der Waals surface area contributed by atoms with Gasteiger partial charge in [0, 0.05) is 18.4 Å². The second-order valence-corrected chi connectivity index (χ2v) is 9.11. The molecule has 1 aliphatic heterocycles. The molecule has 0 saturated heterocycles. The molecule has 1 aromatic heterocycles. The van der Waals surface area contributed by atoms with Gasteiger partial charge >= 0.3 is 5.97 Å². The summed E-state index contributed by atoms with van der Waals surface area (Å²) in [5, 5.41) is 15.5. The number of amides is 2. The van der Waals surface area contributed by atoms with Crippen molar-refractivity contribution in [2.24, 2.45) is 0 Å². The normalized spacial score (nSPS) is 16.7. The standard InChI is InChI=1S/C28H33N3O6/c1-36-31-22-14-8-5-11-19(22)26-23(31)15-9-10-18-37-24(16-3-2-4-17-25(32)33)27(34)29-20-12-6-7-13-21(20)30-28(26)35/h5-8,11-14,24H,2-4,9-10,15-18H2,1H3,(H,29,34)(H,30,35)(H,32,33)/t24-/m0/s1. The first-order chi connectivity index (χ1) is 18.0. The number of hydrogen-bond donors (Lipinski definition) is 3. The topological polar surface area (TPSA) is 119 Å². The summed E-state index contributed by atoms with van der Waals surface area (Å²) in [7, 11) is 1.59. The van der Waals surface area contributed by atoms with E-state index in [1.807, 2.05) is 24.3 Å². The Morgan fingerprint density at radius 1 is 1.03 bits per heavy atom. The van der Waals surface area contributed by atoms with Crippen molar-refractivity contribution in [1.29, 1.82) is 0 Å². The van der Waals surface area contributed by atoms with Crippen LogP contribution in [0, 0.1) is 0 Å². The molecule has 2 aromatic carbocycles. The number of hydrogen-bond acceptors (Lipinski definition) is 5. The molecule has 0 bridgehead atoms. The van der Waals surface area contributed by atoms with Crippen molar-refractivity contribution in [1.82, 2.24) is 4.73 Å². The first-order valence-corrected chi connectivity index (χ1v) is 12.7. The number of unbranched alkanes of at least 4 members (excludes halogenated alkanes) is 2. The van der Waals surface area contributed by atoms with Gasteiger partial charge in [0.15, 0.2) is 0 Å². The summed E-state index contributed by atoms with van der Waals surface area (Å²) in [6, 6.07) is 14.7. The van der Waals surface area contributed by atoms with Crippen LogP contribution in [0.5, 0.6) is 0 Å². The Morgan fingerprint density at radius 3 is 2.51 bits per heavy atom. The van der Waals surface area contributed by atoms with E-state index in [1.165, 1.54) is 0 Å². The van der Waals surface area contributed by atoms with Crippen LogP contribution >= 0.6 is 0 Å². The highest BCUT2D eigenvalue weighted by atomic mass is 16.6. The van der Waals surface area contributed by atoms with E-state index >= 15 is 0 Å². The second-order valence-electron chi connectivity index (χ2n) is 9.11. The van der Waals surface area contributed by atoms with E-state index in [9.17, 15) is 14.4 Å². The van der Waals surface area contributed by atoms with Crippen molar-refractivity contribution >= 4 is 40.1 Å². The van der Waals surface area contributed by atoms with E-state index < -0.39 is 12.1 Å². The van der Waals surface area contributed by atoms with Crippen molar-refractivity contribution in [2.45, 2.75) is 57.5 Å². The number of anilines is 2. The fraction of sp³-hybridized carbons (Fsp3) is 0.393. The number of carboxylic acids is 1. The molecule has 37 heavy (non-hydrogen) atoms. The van der Waals surface area contributed by atoms with Crippen LogP contribution in [0.2, 0.25) is 0 Å². The molecule has 1 aliphatic rings. The van der Waals surface area contributed by atoms with Crippen LogP contribution < -0.4 is 15.5 Å². The predicted molar refractivity (Wildman–Crippen MR) is 141 cm³/mol. The molecule has 0 radical (unpaired) electrons. The largest absolute Gasteiger partial charge is 0.481 e. The first-order valence-electron chi connectivity index (χ1n) is 12.7. The summed E-state index contributed by atoms with van der Waals surface area (Å²) in [5.41, 5.74) is 3.12. The monoisotopic (exact) mass is 507 g/mol. The first kappa shape index (κ1) is 26.2. The lowest BCUT2D eigenvalue weighted by Crippen LogP contribution is -2.31. The Bertz CT molecular complexity index is 1270. The molecule has 2 amide bonds. The molecule has 1 atom stereocenters. The van der Waals surface area contributed by atoms with Gasteiger partial charge in [-0.15, -0.1) is 0 Å². The third-order valence-electron chi connectivity index (χ3n) is 6.55. The quantitative estimate of drug-likeness (QED) is 0.401. The molecular formula is C28H33N3O6. The minimum absolute atomic E-state index is 0.116. The smallest absolute Gasteiger partial charge is 0.303 e. The van der Waals surface area contributed by atoms with Gasteiger partial charge in [-0.3, -0.25) is 14.4 Å². The highest BCUT2D eigenvalue weighted by molar-refractivity contribution is 6.15. The summed E-state index contributed by atoms with van der Waals surface area (Å²) in [4.78, 5) is 43.2. The highest BCUT2D eigenvalue weighted by Gasteiger charge is 2.25. The lowest BCUT2D eigenvalue weighted by atomic mass is 10.1. The molecule has 0 fully saturated rings. The van der Waals surface area contributed by atoms with E-state index in [0.717, 1.165) is 23.0 Å². The van der Waals surface area contributed by atoms with Crippen LogP contribution in [0.1, 0.15) is 61.0 Å². The number of carbonyl (C=O) groups excluding carboxylic acids is 2. The number of fused-ring (bicyclic) bond motifs is 4. The number of carbonyl (C=O) groups is 3. The van der Waals surface area contributed by atoms with Gasteiger partial charge in [0.25, 0.3) is 11.8 Å². The number of ether oxygens (including phenoxy) is 1. The van der Waals surface area contributed by atoms with Crippen molar-refractivity contribution in [3.8, 4) is 0 Å². The van der Waals surface area contributed by atoms with Gasteiger partial charge in [0.1, 0.15) is 13.2 Å². The molecule has 4 rings (SSSR count). The molecule has 3 aromatic rings. The molecular weight excluding hydrogens is 474 g/mol. The lowest BCUT2D eigenvalue weighted by molar-refractivity contribution is -0.137. The van der Waals surface area contributed by atoms with Crippen LogP contribution in [0.3, 0.4) is 0 Å². The minimum Gasteiger partial charge on any atom is -0.481 e. The molecule has 3 N–H and O–H groups in total. The fourth-order valence-corrected chi connectivity index (χ4v) is 4.75. The number of para-hydroxylation sites is 3. The SMILES string of the molecule is COn1c2c(c3ccccc31)C(=O)Nc1ccccc1NC(=O)[C@H](CCCCCC(=O)O)OCCCC2. The molecule has 9 nitrogen and oxygen atoms in total. The summed E-state index contributed by atoms with van der Waals surface area (Å²) in [6.07, 6.45) is 3.92. The van der Waals surface area contributed by atoms with Crippen molar-refractivity contribution in [2.75, 3.05) is 24.4 Å². The van der Waals surface area contributed by atoms with Crippen molar-refractivity contribution in [3.05, 3.63) is 59.8 Å². The van der Waals surface area contributed by atoms with Crippen LogP contribution in [0.4, 0.5) is 11.4 Å². The minimum atomic E-state index is -0.818. The number of aromatic nitrogens is 1. The van der Waals surface area contributed by atoms with E-state index in [0.29, 0.717) is 62.1 Å². The van der Waals surface area contributed by atoms with E-state index in [-0.39, 0.29) is 18.2 Å². The highest BCUT2D eigenvalue weighted by Crippen LogP contribution is 2.30. The van der Waals surface area contributed by atoms with Crippen LogP contribution in [0.15, 0.2) is 48.5 Å². The van der Waals surface area contributed by atoms with Crippen LogP contribution in [-0.4, -0.2) is 47.4 Å². The maximum atomic E-state index is 13.6. The average molecular weight is 508 g/mol. The summed E-state index contributed by atoms with van der Waals surface area (Å²) < 4.78 is 7.73. The fourth-order valence-electron chi connectivity index (χ4n) is 4.75. The Kier molecular flexibility index (Phi) is 8.79. The number of benzene rings is 2. The van der Waals surface area contributed by atoms with E-state index in [1.54, 1.807) is 36.1 Å². The van der Waals surface area contributed by atoms with Gasteiger partial charge in [-0.05, 0) is 50.3 Å². The van der Waals surface area contributed by atoms with Gasteiger partial charge in [0.05, 0.1) is 28.1 Å². The molecule has 0 aliphatic carbocycles. The van der Waals surface area contributed by atoms with Gasteiger partial charge in [-0.2, -0.15) is 4.73 Å². The second kappa shape index (κ2) is 12.4. The maximum absolute atomic E-state index is 13.6. The zero-order chi connectivity index (χ0) is 26.2. The molecule has 0 saturated carbocycles. The third-order valence-corrected chi connectivity index (χ3v) is 6.55. The van der Waals surface area contributed by atoms with E-state index in [4.69, 9.17) is 14.7 Å². The summed E-state index contributed by atoms with van der Waals surface area (Å²) in [6.45, 7) is 0.392. The van der Waals surface area contributed by atoms with Crippen LogP contribution in [0.25, 0.3) is 10.9 Å². The maximum Gasteiger partial charge on any atom is 0.303 e. The molecule has 9 heteroatoms. The molecule has 0 spiro atoms. The number of aliphatic carboxylic acids is 1. The third kappa shape index (κ3) is 6.29. The Balaban J connectivity index is 1.61. The number of carboxylic acid groups (broad SMARTS) is 1. The zero-order valence-electron chi connectivity index (χ0n) is 21.0. The molecule has 0 unspecified atom stereocenters. The Hall–Kier alpha value is -3.85. The summed E-state index contributed by atoms with van der Waals surface area (Å²) in [5.74, 6) is -1.37. The lowest BCUT2D eigenvalue weighted by Gasteiger charge is -2.20. The Morgan fingerprint density at radius 2 is 1.76 bits per heavy atom. The van der Waals surface area contributed by atoms with E-state index in [2.05, 4.69) is 10.6 Å². The molecule has 2 heterocycles.